The maximum absolute atomic E-state index is 10.9. The molecule has 1 saturated carbocycles. The van der Waals surface area contributed by atoms with Crippen molar-refractivity contribution in [3.63, 3.8) is 0 Å². The molecule has 0 aliphatic heterocycles. The first kappa shape index (κ1) is 28.2. The first-order valence-electron chi connectivity index (χ1n) is 12.5. The molecule has 0 saturated heterocycles. The van der Waals surface area contributed by atoms with Gasteiger partial charge in [0.15, 0.2) is 0 Å². The van der Waals surface area contributed by atoms with Gasteiger partial charge >= 0.3 is 11.9 Å². The van der Waals surface area contributed by atoms with E-state index in [4.69, 9.17) is 14.7 Å². The van der Waals surface area contributed by atoms with E-state index in [0.717, 1.165) is 48.6 Å². The quantitative estimate of drug-likeness (QED) is 0.517. The van der Waals surface area contributed by atoms with Crippen molar-refractivity contribution in [3.05, 3.63) is 17.0 Å². The summed E-state index contributed by atoms with van der Waals surface area (Å²) in [6, 6.07) is 0. The Kier molecular flexibility index (Phi) is 11.5. The molecule has 0 amide bonds. The van der Waals surface area contributed by atoms with Crippen LogP contribution in [0.5, 0.6) is 0 Å². The standard InChI is InChI=1S/C12H17NO3.C12H22O2.C2H6/c1-7(8(2)12(14)15)11-9-5-3-4-6-10(9)16-13-11;1-7-5-6-11(8(7)2)9(3)10(4)12(13)14;1-2/h7-8H,3-6H2,1-2H3,(H,14,15);7-11H,5-6H2,1-4H3,(H,13,14);1-2H3/t;7-,8-,9?,10?,11+;/m.1./s1. The summed E-state index contributed by atoms with van der Waals surface area (Å²) in [5.74, 6) is 1.21. The Labute approximate surface area is 194 Å². The van der Waals surface area contributed by atoms with Gasteiger partial charge in [0, 0.05) is 17.9 Å². The Morgan fingerprint density at radius 1 is 0.938 bits per heavy atom. The molecule has 0 aromatic carbocycles. The molecule has 6 nitrogen and oxygen atoms in total. The molecule has 184 valence electrons. The average molecular weight is 452 g/mol. The largest absolute Gasteiger partial charge is 0.481 e. The van der Waals surface area contributed by atoms with Gasteiger partial charge in [0.2, 0.25) is 0 Å². The molecule has 3 rings (SSSR count). The van der Waals surface area contributed by atoms with Crippen LogP contribution in [-0.2, 0) is 22.4 Å². The van der Waals surface area contributed by atoms with Crippen LogP contribution in [0.1, 0.15) is 104 Å². The highest BCUT2D eigenvalue weighted by molar-refractivity contribution is 5.71. The van der Waals surface area contributed by atoms with Crippen molar-refractivity contribution in [1.82, 2.24) is 5.16 Å². The van der Waals surface area contributed by atoms with Crippen molar-refractivity contribution in [2.24, 2.45) is 35.5 Å². The van der Waals surface area contributed by atoms with Crippen LogP contribution in [0, 0.1) is 35.5 Å². The highest BCUT2D eigenvalue weighted by atomic mass is 16.5. The molecule has 32 heavy (non-hydrogen) atoms. The van der Waals surface area contributed by atoms with Gasteiger partial charge in [-0.1, -0.05) is 67.0 Å². The molecule has 7 atom stereocenters. The van der Waals surface area contributed by atoms with Crippen molar-refractivity contribution in [1.29, 1.82) is 0 Å². The van der Waals surface area contributed by atoms with Gasteiger partial charge < -0.3 is 14.7 Å². The Hall–Kier alpha value is -1.85. The lowest BCUT2D eigenvalue weighted by molar-refractivity contribution is -0.144. The summed E-state index contributed by atoms with van der Waals surface area (Å²) < 4.78 is 5.30. The highest BCUT2D eigenvalue weighted by Crippen LogP contribution is 2.42. The third kappa shape index (κ3) is 6.82. The summed E-state index contributed by atoms with van der Waals surface area (Å²) in [5.41, 5.74) is 2.01. The predicted octanol–water partition coefficient (Wildman–Crippen LogP) is 6.43. The average Bonchev–Trinajstić information content (AvgIpc) is 3.37. The summed E-state index contributed by atoms with van der Waals surface area (Å²) in [6.45, 7) is 16.1. The Morgan fingerprint density at radius 3 is 2.00 bits per heavy atom. The molecule has 1 aromatic rings. The summed E-state index contributed by atoms with van der Waals surface area (Å²) in [4.78, 5) is 21.8. The molecule has 2 aliphatic carbocycles. The van der Waals surface area contributed by atoms with Crippen molar-refractivity contribution in [2.45, 2.75) is 99.8 Å². The number of rotatable bonds is 6. The lowest BCUT2D eigenvalue weighted by Crippen LogP contribution is -2.27. The third-order valence-corrected chi connectivity index (χ3v) is 7.93. The maximum atomic E-state index is 10.9. The zero-order valence-electron chi connectivity index (χ0n) is 21.4. The van der Waals surface area contributed by atoms with Gasteiger partial charge in [0.05, 0.1) is 17.5 Å². The topological polar surface area (TPSA) is 101 Å². The van der Waals surface area contributed by atoms with E-state index < -0.39 is 17.9 Å². The van der Waals surface area contributed by atoms with E-state index in [1.54, 1.807) is 6.92 Å². The molecule has 1 aromatic heterocycles. The van der Waals surface area contributed by atoms with Gasteiger partial charge in [-0.05, 0) is 49.4 Å². The Balaban J connectivity index is 0.000000300. The van der Waals surface area contributed by atoms with Crippen LogP contribution >= 0.6 is 0 Å². The van der Waals surface area contributed by atoms with Crippen molar-refractivity contribution in [2.75, 3.05) is 0 Å². The number of nitrogens with zero attached hydrogens (tertiary/aromatic N) is 1. The number of aromatic nitrogens is 1. The Morgan fingerprint density at radius 2 is 1.50 bits per heavy atom. The van der Waals surface area contributed by atoms with E-state index >= 15 is 0 Å². The van der Waals surface area contributed by atoms with Crippen LogP contribution in [0.2, 0.25) is 0 Å². The van der Waals surface area contributed by atoms with E-state index in [9.17, 15) is 9.59 Å². The number of carboxylic acid groups (broad SMARTS) is 2. The zero-order valence-corrected chi connectivity index (χ0v) is 21.4. The van der Waals surface area contributed by atoms with Gasteiger partial charge in [-0.25, -0.2) is 0 Å². The van der Waals surface area contributed by atoms with Crippen molar-refractivity contribution < 1.29 is 24.3 Å². The number of fused-ring (bicyclic) bond motifs is 1. The number of aryl methyl sites for hydroxylation is 1. The Bertz CT molecular complexity index is 728. The number of carboxylic acids is 2. The van der Waals surface area contributed by atoms with Crippen LogP contribution in [-0.4, -0.2) is 27.3 Å². The van der Waals surface area contributed by atoms with E-state index in [1.165, 1.54) is 12.8 Å². The zero-order chi connectivity index (χ0) is 24.6. The van der Waals surface area contributed by atoms with E-state index in [-0.39, 0.29) is 11.8 Å². The van der Waals surface area contributed by atoms with Crippen LogP contribution < -0.4 is 0 Å². The number of hydrogen-bond acceptors (Lipinski definition) is 4. The smallest absolute Gasteiger partial charge is 0.306 e. The van der Waals surface area contributed by atoms with Gasteiger partial charge in [0.25, 0.3) is 0 Å². The molecule has 1 fully saturated rings. The van der Waals surface area contributed by atoms with Crippen LogP contribution in [0.25, 0.3) is 0 Å². The molecule has 0 spiro atoms. The number of carbonyl (C=O) groups is 2. The van der Waals surface area contributed by atoms with E-state index in [2.05, 4.69) is 25.9 Å². The molecule has 2 aliphatic rings. The van der Waals surface area contributed by atoms with Crippen LogP contribution in [0.4, 0.5) is 0 Å². The summed E-state index contributed by atoms with van der Waals surface area (Å²) in [5, 5.41) is 22.0. The summed E-state index contributed by atoms with van der Waals surface area (Å²) in [6.07, 6.45) is 6.69. The summed E-state index contributed by atoms with van der Waals surface area (Å²) in [7, 11) is 0. The van der Waals surface area contributed by atoms with E-state index in [0.29, 0.717) is 17.8 Å². The fraction of sp³-hybridized carbons (Fsp3) is 0.808. The normalized spacial score (nSPS) is 25.7. The second kappa shape index (κ2) is 13.0. The second-order valence-corrected chi connectivity index (χ2v) is 9.66. The molecule has 4 unspecified atom stereocenters. The van der Waals surface area contributed by atoms with Gasteiger partial charge in [0.1, 0.15) is 5.76 Å². The summed E-state index contributed by atoms with van der Waals surface area (Å²) >= 11 is 0. The maximum Gasteiger partial charge on any atom is 0.306 e. The number of hydrogen-bond donors (Lipinski definition) is 2. The monoisotopic (exact) mass is 451 g/mol. The third-order valence-electron chi connectivity index (χ3n) is 7.93. The molecular weight excluding hydrogens is 406 g/mol. The highest BCUT2D eigenvalue weighted by Gasteiger charge is 2.37. The molecule has 0 radical (unpaired) electrons. The van der Waals surface area contributed by atoms with Crippen LogP contribution in [0.3, 0.4) is 0 Å². The first-order valence-corrected chi connectivity index (χ1v) is 12.5. The first-order chi connectivity index (χ1) is 15.1. The molecule has 1 heterocycles. The van der Waals surface area contributed by atoms with Gasteiger partial charge in [-0.15, -0.1) is 0 Å². The minimum atomic E-state index is -0.778. The number of aliphatic carboxylic acids is 2. The SMILES string of the molecule is CC.CC(C(=O)O)C(C)[C@H]1CC[C@@H](C)[C@H]1C.CC(C(=O)O)C(C)c1noc2c1CCCC2. The van der Waals surface area contributed by atoms with Gasteiger partial charge in [-0.3, -0.25) is 9.59 Å². The lowest BCUT2D eigenvalue weighted by atomic mass is 9.77. The fourth-order valence-electron chi connectivity index (χ4n) is 4.96. The van der Waals surface area contributed by atoms with Crippen molar-refractivity contribution >= 4 is 11.9 Å². The van der Waals surface area contributed by atoms with Crippen molar-refractivity contribution in [3.8, 4) is 0 Å². The lowest BCUT2D eigenvalue weighted by Gasteiger charge is -2.27. The fourth-order valence-corrected chi connectivity index (χ4v) is 4.96. The molecule has 2 N–H and O–H groups in total. The second-order valence-electron chi connectivity index (χ2n) is 9.66. The minimum absolute atomic E-state index is 0.0805. The minimum Gasteiger partial charge on any atom is -0.481 e. The van der Waals surface area contributed by atoms with E-state index in [1.807, 2.05) is 27.7 Å². The van der Waals surface area contributed by atoms with Crippen LogP contribution in [0.15, 0.2) is 4.52 Å². The predicted molar refractivity (Wildman–Crippen MR) is 127 cm³/mol. The molecule has 6 heteroatoms. The molecule has 0 bridgehead atoms. The molecular formula is C26H45NO5. The van der Waals surface area contributed by atoms with Gasteiger partial charge in [-0.2, -0.15) is 0 Å².